The van der Waals surface area contributed by atoms with Gasteiger partial charge in [0.15, 0.2) is 12.4 Å². The number of nitrogens with zero attached hydrogens (tertiary/aromatic N) is 1. The highest BCUT2D eigenvalue weighted by atomic mass is 35.5. The number of hydrogen-bond donors (Lipinski definition) is 3. The number of carbonyl (C=O) groups is 3. The molecule has 0 unspecified atom stereocenters. The highest BCUT2D eigenvalue weighted by Gasteiger charge is 2.13. The predicted octanol–water partition coefficient (Wildman–Crippen LogP) is -0.724. The Morgan fingerprint density at radius 1 is 0.900 bits per heavy atom. The van der Waals surface area contributed by atoms with Gasteiger partial charge < -0.3 is 28.8 Å². The molecule has 0 radical (unpaired) electrons. The zero-order chi connectivity index (χ0) is 20.8. The van der Waals surface area contributed by atoms with Crippen molar-refractivity contribution in [2.75, 3.05) is 10.6 Å². The number of amides is 3. The molecule has 4 N–H and O–H groups in total. The van der Waals surface area contributed by atoms with Crippen molar-refractivity contribution in [2.45, 2.75) is 13.5 Å². The first kappa shape index (κ1) is 22.6. The van der Waals surface area contributed by atoms with E-state index < -0.39 is 5.91 Å². The highest BCUT2D eigenvalue weighted by molar-refractivity contribution is 6.05. The fourth-order valence-corrected chi connectivity index (χ4v) is 2.71. The molecule has 0 saturated carbocycles. The van der Waals surface area contributed by atoms with E-state index in [2.05, 4.69) is 10.6 Å². The van der Waals surface area contributed by atoms with Crippen LogP contribution in [0, 0.1) is 6.92 Å². The first-order valence-corrected chi connectivity index (χ1v) is 8.97. The third-order valence-corrected chi connectivity index (χ3v) is 4.19. The Kier molecular flexibility index (Phi) is 7.66. The van der Waals surface area contributed by atoms with Crippen molar-refractivity contribution in [1.82, 2.24) is 0 Å². The Balaban J connectivity index is 0.00000320. The van der Waals surface area contributed by atoms with E-state index in [-0.39, 0.29) is 30.8 Å². The van der Waals surface area contributed by atoms with E-state index in [0.717, 1.165) is 5.56 Å². The maximum atomic E-state index is 12.5. The molecule has 7 nitrogen and oxygen atoms in total. The SMILES string of the molecule is Cc1ccc(NC(=O)c2cccc(NC(=O)C[n+]3cccc(C(N)=O)c3)c2)cc1.[Cl-]. The summed E-state index contributed by atoms with van der Waals surface area (Å²) in [7, 11) is 0. The summed E-state index contributed by atoms with van der Waals surface area (Å²) in [4.78, 5) is 36.0. The van der Waals surface area contributed by atoms with E-state index in [0.29, 0.717) is 22.5 Å². The quantitative estimate of drug-likeness (QED) is 0.454. The largest absolute Gasteiger partial charge is 1.00 e. The summed E-state index contributed by atoms with van der Waals surface area (Å²) in [6, 6.07) is 17.4. The van der Waals surface area contributed by atoms with Crippen LogP contribution in [0.5, 0.6) is 0 Å². The normalized spacial score (nSPS) is 9.90. The van der Waals surface area contributed by atoms with Gasteiger partial charge in [-0.25, -0.2) is 0 Å². The smallest absolute Gasteiger partial charge is 0.290 e. The number of hydrogen-bond acceptors (Lipinski definition) is 3. The molecule has 3 rings (SSSR count). The first-order chi connectivity index (χ1) is 13.9. The molecule has 0 spiro atoms. The van der Waals surface area contributed by atoms with E-state index in [9.17, 15) is 14.4 Å². The number of nitrogens with two attached hydrogens (primary N) is 1. The van der Waals surface area contributed by atoms with Gasteiger partial charge in [-0.15, -0.1) is 0 Å². The molecule has 0 aliphatic carbocycles. The molecular formula is C22H21ClN4O3. The zero-order valence-electron chi connectivity index (χ0n) is 16.3. The number of nitrogens with one attached hydrogen (secondary N) is 2. The number of anilines is 2. The first-order valence-electron chi connectivity index (χ1n) is 8.97. The number of primary amides is 1. The molecular weight excluding hydrogens is 404 g/mol. The van der Waals surface area contributed by atoms with Crippen LogP contribution in [0.4, 0.5) is 11.4 Å². The maximum absolute atomic E-state index is 12.5. The second-order valence-corrected chi connectivity index (χ2v) is 6.58. The molecule has 2 aromatic carbocycles. The summed E-state index contributed by atoms with van der Waals surface area (Å²) in [6.45, 7) is 1.97. The third kappa shape index (κ3) is 6.15. The number of benzene rings is 2. The van der Waals surface area contributed by atoms with Gasteiger partial charge in [0, 0.05) is 23.0 Å². The molecule has 0 atom stereocenters. The predicted molar refractivity (Wildman–Crippen MR) is 109 cm³/mol. The van der Waals surface area contributed by atoms with Crippen molar-refractivity contribution in [3.05, 3.63) is 89.7 Å². The number of aryl methyl sites for hydroxylation is 1. The van der Waals surface area contributed by atoms with Crippen LogP contribution in [-0.4, -0.2) is 17.7 Å². The molecule has 0 aliphatic rings. The summed E-state index contributed by atoms with van der Waals surface area (Å²) < 4.78 is 1.56. The Bertz CT molecular complexity index is 1070. The van der Waals surface area contributed by atoms with Crippen molar-refractivity contribution >= 4 is 29.1 Å². The van der Waals surface area contributed by atoms with Crippen molar-refractivity contribution in [3.63, 3.8) is 0 Å². The fourth-order valence-electron chi connectivity index (χ4n) is 2.71. The van der Waals surface area contributed by atoms with Crippen molar-refractivity contribution in [2.24, 2.45) is 5.73 Å². The molecule has 1 aromatic heterocycles. The summed E-state index contributed by atoms with van der Waals surface area (Å²) in [5.41, 5.74) is 8.29. The lowest BCUT2D eigenvalue weighted by atomic mass is 10.1. The molecule has 0 aliphatic heterocycles. The Hall–Kier alpha value is -3.71. The molecule has 3 aromatic rings. The van der Waals surface area contributed by atoms with Gasteiger partial charge in [-0.1, -0.05) is 23.8 Å². The number of rotatable bonds is 6. The maximum Gasteiger partial charge on any atom is 0.290 e. The van der Waals surface area contributed by atoms with E-state index in [1.165, 1.54) is 6.20 Å². The van der Waals surface area contributed by atoms with Gasteiger partial charge in [0.25, 0.3) is 17.7 Å². The van der Waals surface area contributed by atoms with Gasteiger partial charge in [0.1, 0.15) is 5.56 Å². The zero-order valence-corrected chi connectivity index (χ0v) is 17.0. The van der Waals surface area contributed by atoms with Crippen LogP contribution in [0.15, 0.2) is 73.1 Å². The van der Waals surface area contributed by atoms with Crippen LogP contribution in [0.3, 0.4) is 0 Å². The minimum absolute atomic E-state index is 0. The number of halogens is 1. The minimum atomic E-state index is -0.563. The molecule has 3 amide bonds. The lowest BCUT2D eigenvalue weighted by Crippen LogP contribution is -3.00. The van der Waals surface area contributed by atoms with Crippen LogP contribution < -0.4 is 33.3 Å². The van der Waals surface area contributed by atoms with Gasteiger partial charge in [-0.3, -0.25) is 14.4 Å². The van der Waals surface area contributed by atoms with Crippen LogP contribution in [-0.2, 0) is 11.3 Å². The minimum Gasteiger partial charge on any atom is -1.00 e. The topological polar surface area (TPSA) is 105 Å². The van der Waals surface area contributed by atoms with E-state index in [4.69, 9.17) is 5.73 Å². The summed E-state index contributed by atoms with van der Waals surface area (Å²) in [6.07, 6.45) is 3.17. The van der Waals surface area contributed by atoms with Crippen LogP contribution >= 0.6 is 0 Å². The van der Waals surface area contributed by atoms with Gasteiger partial charge in [-0.2, -0.15) is 4.57 Å². The van der Waals surface area contributed by atoms with E-state index in [1.54, 1.807) is 47.2 Å². The summed E-state index contributed by atoms with van der Waals surface area (Å²) in [5, 5.41) is 5.57. The number of carbonyl (C=O) groups excluding carboxylic acids is 3. The number of pyridine rings is 1. The second kappa shape index (κ2) is 10.2. The molecule has 0 saturated heterocycles. The van der Waals surface area contributed by atoms with Gasteiger partial charge in [0.2, 0.25) is 6.54 Å². The Morgan fingerprint density at radius 3 is 2.30 bits per heavy atom. The van der Waals surface area contributed by atoms with Crippen molar-refractivity contribution < 1.29 is 31.4 Å². The monoisotopic (exact) mass is 424 g/mol. The number of aromatic nitrogens is 1. The van der Waals surface area contributed by atoms with Crippen LogP contribution in [0.2, 0.25) is 0 Å². The van der Waals surface area contributed by atoms with Gasteiger partial charge in [0.05, 0.1) is 0 Å². The molecule has 0 bridgehead atoms. The van der Waals surface area contributed by atoms with Gasteiger partial charge >= 0.3 is 0 Å². The Morgan fingerprint density at radius 2 is 1.60 bits per heavy atom. The van der Waals surface area contributed by atoms with Crippen LogP contribution in [0.25, 0.3) is 0 Å². The van der Waals surface area contributed by atoms with E-state index >= 15 is 0 Å². The summed E-state index contributed by atoms with van der Waals surface area (Å²) >= 11 is 0. The van der Waals surface area contributed by atoms with Crippen molar-refractivity contribution in [1.29, 1.82) is 0 Å². The lowest BCUT2D eigenvalue weighted by molar-refractivity contribution is -0.684. The molecule has 1 heterocycles. The summed E-state index contributed by atoms with van der Waals surface area (Å²) in [5.74, 6) is -1.13. The third-order valence-electron chi connectivity index (χ3n) is 4.19. The molecule has 30 heavy (non-hydrogen) atoms. The lowest BCUT2D eigenvalue weighted by Gasteiger charge is -2.08. The van der Waals surface area contributed by atoms with Crippen molar-refractivity contribution in [3.8, 4) is 0 Å². The highest BCUT2D eigenvalue weighted by Crippen LogP contribution is 2.14. The average molecular weight is 425 g/mol. The second-order valence-electron chi connectivity index (χ2n) is 6.58. The molecule has 8 heteroatoms. The standard InChI is InChI=1S/C22H20N4O3.ClH/c1-15-7-9-18(10-8-15)25-22(29)16-4-2-6-19(12-16)24-20(27)14-26-11-3-5-17(13-26)21(23)28;/h2-13H,14H2,1H3,(H3-,23,24,25,27,28,29);1H. The fraction of sp³-hybridized carbons (Fsp3) is 0.0909. The van der Waals surface area contributed by atoms with Crippen LogP contribution in [0.1, 0.15) is 26.3 Å². The molecule has 0 fully saturated rings. The molecule has 154 valence electrons. The average Bonchev–Trinajstić information content (AvgIpc) is 2.70. The van der Waals surface area contributed by atoms with E-state index in [1.807, 2.05) is 31.2 Å². The van der Waals surface area contributed by atoms with Gasteiger partial charge in [-0.05, 0) is 43.3 Å². The Labute approximate surface area is 180 Å².